The summed E-state index contributed by atoms with van der Waals surface area (Å²) in [5, 5.41) is 10.7. The second-order valence-corrected chi connectivity index (χ2v) is 6.57. The zero-order valence-corrected chi connectivity index (χ0v) is 16.5. The van der Waals surface area contributed by atoms with E-state index >= 15 is 0 Å². The molecule has 0 saturated heterocycles. The number of carbonyl (C=O) groups excluding carboxylic acids is 1. The quantitative estimate of drug-likeness (QED) is 0.656. The molecule has 0 aliphatic carbocycles. The first kappa shape index (κ1) is 20.1. The Morgan fingerprint density at radius 3 is 2.72 bits per heavy atom. The molecule has 1 aromatic heterocycles. The third kappa shape index (κ3) is 4.13. The number of anilines is 1. The number of amides is 1. The lowest BCUT2D eigenvalue weighted by molar-refractivity contribution is -0.123. The molecule has 7 nitrogen and oxygen atoms in total. The van der Waals surface area contributed by atoms with E-state index < -0.39 is 0 Å². The average Bonchev–Trinajstić information content (AvgIpc) is 3.16. The molecule has 0 spiro atoms. The van der Waals surface area contributed by atoms with Crippen LogP contribution in [-0.2, 0) is 16.0 Å². The number of nitrogens with one attached hydrogen (secondary N) is 1. The van der Waals surface area contributed by atoms with Crippen LogP contribution in [0.15, 0.2) is 36.4 Å². The number of aromatic nitrogens is 1. The molecule has 0 unspecified atom stereocenters. The van der Waals surface area contributed by atoms with E-state index in [2.05, 4.69) is 11.4 Å². The molecule has 3 aromatic rings. The number of carbonyl (C=O) groups is 2. The van der Waals surface area contributed by atoms with Gasteiger partial charge in [0, 0.05) is 24.3 Å². The number of hydrogen-bond acceptors (Lipinski definition) is 5. The number of nitrogens with zero attached hydrogens (tertiary/aromatic N) is 1. The largest absolute Gasteiger partial charge is 0.494 e. The van der Waals surface area contributed by atoms with Gasteiger partial charge in [-0.05, 0) is 54.4 Å². The van der Waals surface area contributed by atoms with Gasteiger partial charge in [-0.1, -0.05) is 0 Å². The van der Waals surface area contributed by atoms with Crippen molar-refractivity contribution in [1.29, 1.82) is 0 Å². The Bertz CT molecular complexity index is 1080. The van der Waals surface area contributed by atoms with E-state index in [-0.39, 0.29) is 12.4 Å². The van der Waals surface area contributed by atoms with Crippen LogP contribution in [0.4, 0.5) is 5.69 Å². The number of fused-ring (bicyclic) bond motifs is 2. The average molecular weight is 394 g/mol. The van der Waals surface area contributed by atoms with Crippen LogP contribution >= 0.6 is 0 Å². The van der Waals surface area contributed by atoms with Crippen LogP contribution in [0.25, 0.3) is 22.2 Å². The molecule has 0 radical (unpaired) electrons. The van der Waals surface area contributed by atoms with E-state index in [1.165, 1.54) is 12.5 Å². The van der Waals surface area contributed by atoms with Crippen LogP contribution in [-0.4, -0.2) is 36.2 Å². The third-order valence-corrected chi connectivity index (χ3v) is 4.64. The fourth-order valence-electron chi connectivity index (χ4n) is 3.46. The molecule has 1 amide bonds. The predicted molar refractivity (Wildman–Crippen MR) is 111 cm³/mol. The summed E-state index contributed by atoms with van der Waals surface area (Å²) in [4.78, 5) is 24.8. The topological polar surface area (TPSA) is 97.8 Å². The second kappa shape index (κ2) is 8.60. The zero-order valence-electron chi connectivity index (χ0n) is 16.5. The summed E-state index contributed by atoms with van der Waals surface area (Å²) in [5.41, 5.74) is 5.65. The highest BCUT2D eigenvalue weighted by atomic mass is 16.5. The SMILES string of the molecule is COc1ccc(NC(C)=O)c2c(C)cc(-c3ccc4c(c3)CCO4)nc12.O=CO. The fourth-order valence-corrected chi connectivity index (χ4v) is 3.46. The first-order valence-electron chi connectivity index (χ1n) is 9.08. The van der Waals surface area contributed by atoms with Gasteiger partial charge < -0.3 is 19.9 Å². The standard InChI is InChI=1S/C21H20N2O3.CH2O2/c1-12-10-17(14-4-6-18-15(11-14)8-9-26-18)23-21-19(25-3)7-5-16(20(12)21)22-13(2)24;2-1-3/h4-7,10-11H,8-9H2,1-3H3,(H,22,24);1H,(H,2,3). The van der Waals surface area contributed by atoms with Crippen molar-refractivity contribution in [2.75, 3.05) is 19.0 Å². The van der Waals surface area contributed by atoms with Gasteiger partial charge in [0.15, 0.2) is 0 Å². The molecule has 1 aliphatic rings. The van der Waals surface area contributed by atoms with Crippen molar-refractivity contribution in [1.82, 2.24) is 4.98 Å². The van der Waals surface area contributed by atoms with Crippen molar-refractivity contribution < 1.29 is 24.2 Å². The van der Waals surface area contributed by atoms with Gasteiger partial charge in [-0.3, -0.25) is 9.59 Å². The number of rotatable bonds is 3. The molecule has 4 rings (SSSR count). The molecular formula is C22H22N2O5. The fraction of sp³-hybridized carbons (Fsp3) is 0.227. The first-order chi connectivity index (χ1) is 14.0. The maximum atomic E-state index is 11.5. The normalized spacial score (nSPS) is 11.7. The summed E-state index contributed by atoms with van der Waals surface area (Å²) in [6.45, 7) is 4.01. The van der Waals surface area contributed by atoms with Crippen LogP contribution < -0.4 is 14.8 Å². The van der Waals surface area contributed by atoms with Gasteiger partial charge in [0.25, 0.3) is 6.47 Å². The Hall–Kier alpha value is -3.61. The second-order valence-electron chi connectivity index (χ2n) is 6.57. The first-order valence-corrected chi connectivity index (χ1v) is 9.08. The van der Waals surface area contributed by atoms with E-state index in [0.29, 0.717) is 5.75 Å². The number of hydrogen-bond donors (Lipinski definition) is 2. The van der Waals surface area contributed by atoms with Crippen molar-refractivity contribution in [3.63, 3.8) is 0 Å². The van der Waals surface area contributed by atoms with Gasteiger partial charge in [0.1, 0.15) is 17.0 Å². The van der Waals surface area contributed by atoms with E-state index in [9.17, 15) is 4.79 Å². The van der Waals surface area contributed by atoms with Crippen molar-refractivity contribution in [3.8, 4) is 22.8 Å². The minimum absolute atomic E-state index is 0.112. The highest BCUT2D eigenvalue weighted by molar-refractivity contribution is 6.04. The van der Waals surface area contributed by atoms with Gasteiger partial charge in [-0.2, -0.15) is 0 Å². The number of carboxylic acid groups (broad SMARTS) is 1. The summed E-state index contributed by atoms with van der Waals surface area (Å²) in [6.07, 6.45) is 0.922. The number of pyridine rings is 1. The predicted octanol–water partition coefficient (Wildman–Crippen LogP) is 3.81. The number of benzene rings is 2. The van der Waals surface area contributed by atoms with Gasteiger partial charge in [0.05, 0.1) is 25.1 Å². The Labute approximate surface area is 168 Å². The van der Waals surface area contributed by atoms with Crippen LogP contribution in [0.5, 0.6) is 11.5 Å². The van der Waals surface area contributed by atoms with Gasteiger partial charge >= 0.3 is 0 Å². The van der Waals surface area contributed by atoms with E-state index in [1.807, 2.05) is 37.3 Å². The van der Waals surface area contributed by atoms with Crippen LogP contribution in [0.2, 0.25) is 0 Å². The Balaban J connectivity index is 0.000000755. The molecule has 2 aromatic carbocycles. The summed E-state index contributed by atoms with van der Waals surface area (Å²) < 4.78 is 11.1. The zero-order chi connectivity index (χ0) is 21.0. The molecule has 0 fully saturated rings. The Morgan fingerprint density at radius 1 is 1.28 bits per heavy atom. The lowest BCUT2D eigenvalue weighted by Crippen LogP contribution is -2.07. The summed E-state index contributed by atoms with van der Waals surface area (Å²) >= 11 is 0. The minimum atomic E-state index is -0.250. The molecule has 29 heavy (non-hydrogen) atoms. The van der Waals surface area contributed by atoms with E-state index in [0.717, 1.165) is 52.2 Å². The number of ether oxygens (including phenoxy) is 2. The van der Waals surface area contributed by atoms with Crippen molar-refractivity contribution in [3.05, 3.63) is 47.5 Å². The van der Waals surface area contributed by atoms with Crippen LogP contribution in [0, 0.1) is 6.92 Å². The lowest BCUT2D eigenvalue weighted by atomic mass is 10.0. The monoisotopic (exact) mass is 394 g/mol. The van der Waals surface area contributed by atoms with Crippen molar-refractivity contribution in [2.45, 2.75) is 20.3 Å². The molecule has 1 aliphatic heterocycles. The molecule has 0 saturated carbocycles. The van der Waals surface area contributed by atoms with Crippen LogP contribution in [0.1, 0.15) is 18.1 Å². The Kier molecular flexibility index (Phi) is 5.97. The molecule has 7 heteroatoms. The van der Waals surface area contributed by atoms with E-state index in [1.54, 1.807) is 7.11 Å². The Morgan fingerprint density at radius 2 is 2.03 bits per heavy atom. The molecule has 0 bridgehead atoms. The highest BCUT2D eigenvalue weighted by Crippen LogP contribution is 2.36. The van der Waals surface area contributed by atoms with Crippen LogP contribution in [0.3, 0.4) is 0 Å². The molecule has 2 N–H and O–H groups in total. The van der Waals surface area contributed by atoms with E-state index in [4.69, 9.17) is 24.4 Å². The molecule has 0 atom stereocenters. The maximum absolute atomic E-state index is 11.5. The smallest absolute Gasteiger partial charge is 0.290 e. The maximum Gasteiger partial charge on any atom is 0.290 e. The lowest BCUT2D eigenvalue weighted by Gasteiger charge is -2.14. The summed E-state index contributed by atoms with van der Waals surface area (Å²) in [5.74, 6) is 1.53. The number of aryl methyl sites for hydroxylation is 1. The highest BCUT2D eigenvalue weighted by Gasteiger charge is 2.16. The van der Waals surface area contributed by atoms with Gasteiger partial charge in [-0.15, -0.1) is 0 Å². The number of methoxy groups -OCH3 is 1. The van der Waals surface area contributed by atoms with Crippen molar-refractivity contribution in [2.24, 2.45) is 0 Å². The summed E-state index contributed by atoms with van der Waals surface area (Å²) in [6, 6.07) is 11.9. The van der Waals surface area contributed by atoms with Gasteiger partial charge in [0.2, 0.25) is 5.91 Å². The third-order valence-electron chi connectivity index (χ3n) is 4.64. The van der Waals surface area contributed by atoms with Gasteiger partial charge in [-0.25, -0.2) is 4.98 Å². The minimum Gasteiger partial charge on any atom is -0.494 e. The summed E-state index contributed by atoms with van der Waals surface area (Å²) in [7, 11) is 1.63. The van der Waals surface area contributed by atoms with Crippen molar-refractivity contribution >= 4 is 29.0 Å². The molecule has 150 valence electrons. The molecular weight excluding hydrogens is 372 g/mol. The molecule has 2 heterocycles.